The van der Waals surface area contributed by atoms with Crippen LogP contribution in [0.2, 0.25) is 0 Å². The van der Waals surface area contributed by atoms with Crippen LogP contribution in [0.5, 0.6) is 0 Å². The van der Waals surface area contributed by atoms with Crippen LogP contribution in [0.4, 0.5) is 10.5 Å². The molecule has 0 aliphatic carbocycles. The number of urea groups is 1. The molecule has 6 heteroatoms. The third-order valence-corrected chi connectivity index (χ3v) is 2.79. The van der Waals surface area contributed by atoms with E-state index in [1.54, 1.807) is 6.20 Å². The van der Waals surface area contributed by atoms with E-state index in [2.05, 4.69) is 15.6 Å². The molecule has 0 saturated heterocycles. The van der Waals surface area contributed by atoms with E-state index in [9.17, 15) is 4.79 Å². The Morgan fingerprint density at radius 2 is 2.30 bits per heavy atom. The van der Waals surface area contributed by atoms with Crippen molar-refractivity contribution in [3.8, 4) is 11.5 Å². The predicted octanol–water partition coefficient (Wildman–Crippen LogP) is 2.15. The van der Waals surface area contributed by atoms with Crippen molar-refractivity contribution in [3.63, 3.8) is 0 Å². The second kappa shape index (κ2) is 6.72. The molecule has 20 heavy (non-hydrogen) atoms. The third kappa shape index (κ3) is 3.58. The Labute approximate surface area is 116 Å². The van der Waals surface area contributed by atoms with Crippen LogP contribution in [-0.2, 0) is 0 Å². The van der Waals surface area contributed by atoms with E-state index >= 15 is 0 Å². The molecular formula is C14H17N3O3. The molecule has 0 unspecified atom stereocenters. The zero-order valence-electron chi connectivity index (χ0n) is 11.2. The number of anilines is 1. The van der Waals surface area contributed by atoms with Gasteiger partial charge in [-0.1, -0.05) is 6.07 Å². The molecule has 0 aliphatic heterocycles. The van der Waals surface area contributed by atoms with E-state index in [1.807, 2.05) is 25.1 Å². The highest BCUT2D eigenvalue weighted by atomic mass is 16.3. The zero-order valence-corrected chi connectivity index (χ0v) is 11.2. The number of nitrogens with one attached hydrogen (secondary N) is 2. The highest BCUT2D eigenvalue weighted by molar-refractivity contribution is 5.90. The molecule has 0 saturated carbocycles. The van der Waals surface area contributed by atoms with Gasteiger partial charge in [0.2, 0.25) is 5.89 Å². The summed E-state index contributed by atoms with van der Waals surface area (Å²) in [7, 11) is 0. The molecule has 1 heterocycles. The molecule has 6 nitrogen and oxygen atoms in total. The monoisotopic (exact) mass is 275 g/mol. The van der Waals surface area contributed by atoms with E-state index in [0.717, 1.165) is 11.1 Å². The lowest BCUT2D eigenvalue weighted by Crippen LogP contribution is -2.30. The third-order valence-electron chi connectivity index (χ3n) is 2.79. The Hall–Kier alpha value is -2.34. The Bertz CT molecular complexity index is 567. The maximum absolute atomic E-state index is 11.7. The number of rotatable bonds is 5. The van der Waals surface area contributed by atoms with Crippen molar-refractivity contribution in [2.45, 2.75) is 13.3 Å². The van der Waals surface area contributed by atoms with E-state index in [0.29, 0.717) is 24.5 Å². The molecule has 0 spiro atoms. The van der Waals surface area contributed by atoms with Gasteiger partial charge in [0.05, 0.1) is 6.20 Å². The van der Waals surface area contributed by atoms with Crippen molar-refractivity contribution < 1.29 is 14.3 Å². The maximum atomic E-state index is 11.7. The van der Waals surface area contributed by atoms with E-state index in [1.165, 1.54) is 6.26 Å². The molecule has 2 aromatic rings. The van der Waals surface area contributed by atoms with Crippen LogP contribution in [0, 0.1) is 6.92 Å². The van der Waals surface area contributed by atoms with Gasteiger partial charge in [0.15, 0.2) is 0 Å². The first kappa shape index (κ1) is 14.1. The second-order valence-corrected chi connectivity index (χ2v) is 4.33. The number of benzene rings is 1. The minimum atomic E-state index is -0.300. The molecule has 0 aliphatic rings. The summed E-state index contributed by atoms with van der Waals surface area (Å²) in [6.45, 7) is 2.39. The van der Waals surface area contributed by atoms with Gasteiger partial charge >= 0.3 is 6.03 Å². The number of amides is 2. The molecule has 0 atom stereocenters. The quantitative estimate of drug-likeness (QED) is 0.730. The Balaban J connectivity index is 2.07. The van der Waals surface area contributed by atoms with Crippen LogP contribution in [0.1, 0.15) is 12.0 Å². The lowest BCUT2D eigenvalue weighted by molar-refractivity contribution is 0.249. The fraction of sp³-hybridized carbons (Fsp3) is 0.286. The zero-order chi connectivity index (χ0) is 14.4. The van der Waals surface area contributed by atoms with E-state index in [4.69, 9.17) is 9.52 Å². The molecule has 3 N–H and O–H groups in total. The number of hydrogen-bond donors (Lipinski definition) is 3. The normalized spacial score (nSPS) is 10.3. The fourth-order valence-electron chi connectivity index (χ4n) is 1.70. The number of carbonyl (C=O) groups is 1. The molecule has 2 amide bonds. The van der Waals surface area contributed by atoms with Crippen LogP contribution in [-0.4, -0.2) is 29.3 Å². The number of aliphatic hydroxyl groups is 1. The number of aryl methyl sites for hydroxylation is 1. The summed E-state index contributed by atoms with van der Waals surface area (Å²) in [5.41, 5.74) is 2.44. The lowest BCUT2D eigenvalue weighted by Gasteiger charge is -2.10. The highest BCUT2D eigenvalue weighted by Gasteiger charge is 2.08. The lowest BCUT2D eigenvalue weighted by atomic mass is 10.1. The standard InChI is InChI=1S/C14H17N3O3/c1-10-3-4-11(13-15-6-8-20-13)9-12(10)17-14(19)16-5-2-7-18/h3-4,6,8-9,18H,2,5,7H2,1H3,(H2,16,17,19). The molecule has 2 rings (SSSR count). The second-order valence-electron chi connectivity index (χ2n) is 4.33. The summed E-state index contributed by atoms with van der Waals surface area (Å²) in [6.07, 6.45) is 3.61. The van der Waals surface area contributed by atoms with Gasteiger partial charge in [-0.25, -0.2) is 9.78 Å². The minimum absolute atomic E-state index is 0.0545. The minimum Gasteiger partial charge on any atom is -0.445 e. The van der Waals surface area contributed by atoms with Crippen molar-refractivity contribution in [3.05, 3.63) is 36.2 Å². The van der Waals surface area contributed by atoms with E-state index < -0.39 is 0 Å². The van der Waals surface area contributed by atoms with Gasteiger partial charge < -0.3 is 20.2 Å². The smallest absolute Gasteiger partial charge is 0.319 e. The first-order valence-electron chi connectivity index (χ1n) is 6.37. The first-order chi connectivity index (χ1) is 9.70. The summed E-state index contributed by atoms with van der Waals surface area (Å²) >= 11 is 0. The predicted molar refractivity (Wildman–Crippen MR) is 75.4 cm³/mol. The molecular weight excluding hydrogens is 258 g/mol. The number of nitrogens with zero attached hydrogens (tertiary/aromatic N) is 1. The molecule has 0 radical (unpaired) electrons. The molecule has 0 fully saturated rings. The van der Waals surface area contributed by atoms with Gasteiger partial charge in [-0.05, 0) is 31.0 Å². The van der Waals surface area contributed by atoms with Crippen LogP contribution in [0.25, 0.3) is 11.5 Å². The summed E-state index contributed by atoms with van der Waals surface area (Å²) in [5.74, 6) is 0.508. The Morgan fingerprint density at radius 1 is 1.45 bits per heavy atom. The SMILES string of the molecule is Cc1ccc(-c2ncco2)cc1NC(=O)NCCCO. The summed E-state index contributed by atoms with van der Waals surface area (Å²) in [4.78, 5) is 15.8. The average molecular weight is 275 g/mol. The molecule has 0 bridgehead atoms. The van der Waals surface area contributed by atoms with Crippen LogP contribution in [0.3, 0.4) is 0 Å². The van der Waals surface area contributed by atoms with Gasteiger partial charge in [0.25, 0.3) is 0 Å². The number of hydrogen-bond acceptors (Lipinski definition) is 4. The van der Waals surface area contributed by atoms with Gasteiger partial charge in [-0.2, -0.15) is 0 Å². The summed E-state index contributed by atoms with van der Waals surface area (Å²) in [6, 6.07) is 5.29. The van der Waals surface area contributed by atoms with Gasteiger partial charge in [0.1, 0.15) is 6.26 Å². The molecule has 106 valence electrons. The molecule has 1 aromatic heterocycles. The topological polar surface area (TPSA) is 87.4 Å². The maximum Gasteiger partial charge on any atom is 0.319 e. The number of carbonyl (C=O) groups excluding carboxylic acids is 1. The van der Waals surface area contributed by atoms with Crippen molar-refractivity contribution in [2.75, 3.05) is 18.5 Å². The van der Waals surface area contributed by atoms with Crippen molar-refractivity contribution in [1.29, 1.82) is 0 Å². The Morgan fingerprint density at radius 3 is 3.00 bits per heavy atom. The average Bonchev–Trinajstić information content (AvgIpc) is 2.95. The molecule has 1 aromatic carbocycles. The number of aliphatic hydroxyl groups excluding tert-OH is 1. The van der Waals surface area contributed by atoms with Crippen molar-refractivity contribution in [2.24, 2.45) is 0 Å². The summed E-state index contributed by atoms with van der Waals surface area (Å²) in [5, 5.41) is 14.1. The van der Waals surface area contributed by atoms with Crippen molar-refractivity contribution in [1.82, 2.24) is 10.3 Å². The number of aromatic nitrogens is 1. The fourth-order valence-corrected chi connectivity index (χ4v) is 1.70. The number of oxazole rings is 1. The highest BCUT2D eigenvalue weighted by Crippen LogP contribution is 2.24. The van der Waals surface area contributed by atoms with E-state index in [-0.39, 0.29) is 12.6 Å². The van der Waals surface area contributed by atoms with Crippen LogP contribution in [0.15, 0.2) is 35.1 Å². The van der Waals surface area contributed by atoms with Gasteiger partial charge in [-0.15, -0.1) is 0 Å². The van der Waals surface area contributed by atoms with Crippen LogP contribution >= 0.6 is 0 Å². The largest absolute Gasteiger partial charge is 0.445 e. The van der Waals surface area contributed by atoms with Gasteiger partial charge in [-0.3, -0.25) is 0 Å². The van der Waals surface area contributed by atoms with Crippen LogP contribution < -0.4 is 10.6 Å². The van der Waals surface area contributed by atoms with Crippen molar-refractivity contribution >= 4 is 11.7 Å². The summed E-state index contributed by atoms with van der Waals surface area (Å²) < 4.78 is 5.23. The Kier molecular flexibility index (Phi) is 4.73. The van der Waals surface area contributed by atoms with Gasteiger partial charge in [0, 0.05) is 24.4 Å². The first-order valence-corrected chi connectivity index (χ1v) is 6.37.